The minimum Gasteiger partial charge on any atom is -0.309 e. The van der Waals surface area contributed by atoms with E-state index in [1.54, 1.807) is 0 Å². The van der Waals surface area contributed by atoms with Gasteiger partial charge in [-0.15, -0.1) is 0 Å². The summed E-state index contributed by atoms with van der Waals surface area (Å²) in [5.74, 6) is 0. The first-order valence-electron chi connectivity index (χ1n) is 16.3. The van der Waals surface area contributed by atoms with Crippen LogP contribution in [0.3, 0.4) is 0 Å². The first-order chi connectivity index (χ1) is 24.7. The minimum absolute atomic E-state index is 0.571. The lowest BCUT2D eigenvalue weighted by Crippen LogP contribution is -1.99. The van der Waals surface area contributed by atoms with Crippen LogP contribution in [0.2, 0.25) is 0 Å². The molecule has 5 heteroatoms. The van der Waals surface area contributed by atoms with E-state index in [-0.39, 0.29) is 0 Å². The van der Waals surface area contributed by atoms with Crippen LogP contribution in [-0.4, -0.2) is 9.13 Å². The number of aromatic nitrogens is 2. The Morgan fingerprint density at radius 3 is 1.76 bits per heavy atom. The molecule has 2 aromatic heterocycles. The van der Waals surface area contributed by atoms with Crippen molar-refractivity contribution in [2.45, 2.75) is 0 Å². The Bertz CT molecular complexity index is 2970. The molecule has 230 valence electrons. The third-order valence-electron chi connectivity index (χ3n) is 9.60. The summed E-state index contributed by atoms with van der Waals surface area (Å²) < 4.78 is 4.48. The SMILES string of the molecule is N#Cc1ccc(-c2cccc(-n3c4ccccc4c4ccc(C#N)cc43)c2)c(-c2ccccc2-n2c3ccccc3c3cc(C#N)ccc32)c1. The lowest BCUT2D eigenvalue weighted by Gasteiger charge is -2.18. The highest BCUT2D eigenvalue weighted by atomic mass is 15.0. The van der Waals surface area contributed by atoms with Crippen molar-refractivity contribution < 1.29 is 0 Å². The van der Waals surface area contributed by atoms with Crippen molar-refractivity contribution in [1.82, 2.24) is 9.13 Å². The van der Waals surface area contributed by atoms with Crippen LogP contribution in [0.25, 0.3) is 77.2 Å². The molecule has 0 atom stereocenters. The highest BCUT2D eigenvalue weighted by molar-refractivity contribution is 6.11. The van der Waals surface area contributed by atoms with Gasteiger partial charge in [-0.05, 0) is 89.5 Å². The van der Waals surface area contributed by atoms with Crippen LogP contribution in [0.15, 0.2) is 152 Å². The number of fused-ring (bicyclic) bond motifs is 6. The maximum atomic E-state index is 10.1. The van der Waals surface area contributed by atoms with E-state index in [4.69, 9.17) is 0 Å². The molecule has 9 rings (SSSR count). The zero-order valence-electron chi connectivity index (χ0n) is 26.7. The van der Waals surface area contributed by atoms with E-state index in [1.165, 1.54) is 0 Å². The van der Waals surface area contributed by atoms with Gasteiger partial charge in [-0.2, -0.15) is 15.8 Å². The summed E-state index contributed by atoms with van der Waals surface area (Å²) in [6.07, 6.45) is 0. The predicted molar refractivity (Wildman–Crippen MR) is 200 cm³/mol. The van der Waals surface area contributed by atoms with E-state index in [1.807, 2.05) is 91.0 Å². The topological polar surface area (TPSA) is 81.2 Å². The fourth-order valence-electron chi connectivity index (χ4n) is 7.42. The van der Waals surface area contributed by atoms with E-state index < -0.39 is 0 Å². The van der Waals surface area contributed by atoms with Crippen molar-refractivity contribution >= 4 is 43.6 Å². The summed E-state index contributed by atoms with van der Waals surface area (Å²) in [4.78, 5) is 0. The average Bonchev–Trinajstić information content (AvgIpc) is 3.69. The summed E-state index contributed by atoms with van der Waals surface area (Å²) in [6.45, 7) is 0. The first kappa shape index (κ1) is 28.8. The van der Waals surface area contributed by atoms with Crippen molar-refractivity contribution in [3.63, 3.8) is 0 Å². The van der Waals surface area contributed by atoms with Crippen molar-refractivity contribution in [2.75, 3.05) is 0 Å². The number of hydrogen-bond acceptors (Lipinski definition) is 3. The van der Waals surface area contributed by atoms with Gasteiger partial charge in [0.05, 0.1) is 62.7 Å². The molecule has 0 unspecified atom stereocenters. The molecule has 0 amide bonds. The molecule has 0 fully saturated rings. The van der Waals surface area contributed by atoms with Crippen LogP contribution in [0, 0.1) is 34.0 Å². The Morgan fingerprint density at radius 2 is 0.960 bits per heavy atom. The number of hydrogen-bond donors (Lipinski definition) is 0. The molecule has 0 bridgehead atoms. The van der Waals surface area contributed by atoms with Gasteiger partial charge in [0, 0.05) is 32.8 Å². The number of nitriles is 3. The van der Waals surface area contributed by atoms with Gasteiger partial charge < -0.3 is 9.13 Å². The van der Waals surface area contributed by atoms with Crippen LogP contribution in [0.4, 0.5) is 0 Å². The van der Waals surface area contributed by atoms with Crippen LogP contribution in [-0.2, 0) is 0 Å². The van der Waals surface area contributed by atoms with Gasteiger partial charge in [0.25, 0.3) is 0 Å². The summed E-state index contributed by atoms with van der Waals surface area (Å²) in [7, 11) is 0. The zero-order chi connectivity index (χ0) is 33.8. The lowest BCUT2D eigenvalue weighted by atomic mass is 9.91. The summed E-state index contributed by atoms with van der Waals surface area (Å²) in [5, 5.41) is 33.8. The molecule has 50 heavy (non-hydrogen) atoms. The van der Waals surface area contributed by atoms with Gasteiger partial charge in [-0.3, -0.25) is 0 Å². The van der Waals surface area contributed by atoms with Crippen LogP contribution in [0.5, 0.6) is 0 Å². The highest BCUT2D eigenvalue weighted by Crippen LogP contribution is 2.41. The van der Waals surface area contributed by atoms with E-state index in [2.05, 4.69) is 88.0 Å². The van der Waals surface area contributed by atoms with Crippen LogP contribution >= 0.6 is 0 Å². The predicted octanol–water partition coefficient (Wildman–Crippen LogP) is 10.8. The molecule has 2 heterocycles. The van der Waals surface area contributed by atoms with Crippen molar-refractivity contribution in [1.29, 1.82) is 15.8 Å². The van der Waals surface area contributed by atoms with Crippen molar-refractivity contribution in [3.05, 3.63) is 168 Å². The molecule has 0 aliphatic heterocycles. The second-order valence-electron chi connectivity index (χ2n) is 12.3. The molecule has 5 nitrogen and oxygen atoms in total. The quantitative estimate of drug-likeness (QED) is 0.193. The number of nitrogens with zero attached hydrogens (tertiary/aromatic N) is 5. The van der Waals surface area contributed by atoms with Gasteiger partial charge in [0.15, 0.2) is 0 Å². The third kappa shape index (κ3) is 4.38. The summed E-state index contributed by atoms with van der Waals surface area (Å²) in [6, 6.07) is 57.9. The zero-order valence-corrected chi connectivity index (χ0v) is 26.7. The molecule has 0 aliphatic rings. The standard InChI is InChI=1S/C45H25N5/c46-26-29-16-19-34(32-8-7-9-33(25-32)49-41-13-4-1-10-35(41)38-20-17-31(28-48)24-45(38)49)39(22-29)36-11-2-5-14-42(36)50-43-15-6-3-12-37(43)40-23-30(27-47)18-21-44(40)50/h1-25H. The van der Waals surface area contributed by atoms with E-state index in [9.17, 15) is 15.8 Å². The molecule has 0 radical (unpaired) electrons. The summed E-state index contributed by atoms with van der Waals surface area (Å²) in [5.41, 5.74) is 11.7. The highest BCUT2D eigenvalue weighted by Gasteiger charge is 2.19. The van der Waals surface area contributed by atoms with Gasteiger partial charge >= 0.3 is 0 Å². The van der Waals surface area contributed by atoms with Gasteiger partial charge in [-0.1, -0.05) is 78.9 Å². The largest absolute Gasteiger partial charge is 0.309 e. The minimum atomic E-state index is 0.571. The Labute approximate surface area is 287 Å². The molecule has 9 aromatic rings. The normalized spacial score (nSPS) is 11.1. The maximum absolute atomic E-state index is 10.1. The van der Waals surface area contributed by atoms with Gasteiger partial charge in [0.1, 0.15) is 0 Å². The molecule has 0 N–H and O–H groups in total. The molecule has 0 spiro atoms. The van der Waals surface area contributed by atoms with E-state index in [0.29, 0.717) is 16.7 Å². The lowest BCUT2D eigenvalue weighted by molar-refractivity contribution is 1.18. The van der Waals surface area contributed by atoms with Crippen molar-refractivity contribution in [3.8, 4) is 51.8 Å². The molecule has 7 aromatic carbocycles. The molecule has 0 saturated heterocycles. The molecule has 0 aliphatic carbocycles. The van der Waals surface area contributed by atoms with E-state index in [0.717, 1.165) is 77.2 Å². The fraction of sp³-hybridized carbons (Fsp3) is 0. The Balaban J connectivity index is 1.29. The molecular weight excluding hydrogens is 611 g/mol. The van der Waals surface area contributed by atoms with Gasteiger partial charge in [-0.25, -0.2) is 0 Å². The smallest absolute Gasteiger partial charge is 0.0992 e. The Hall–Kier alpha value is -7.39. The molecule has 0 saturated carbocycles. The molecular formula is C45H25N5. The fourth-order valence-corrected chi connectivity index (χ4v) is 7.42. The Morgan fingerprint density at radius 1 is 0.360 bits per heavy atom. The maximum Gasteiger partial charge on any atom is 0.0992 e. The van der Waals surface area contributed by atoms with Crippen LogP contribution < -0.4 is 0 Å². The number of para-hydroxylation sites is 3. The average molecular weight is 636 g/mol. The second kappa shape index (κ2) is 11.4. The number of rotatable bonds is 4. The second-order valence-corrected chi connectivity index (χ2v) is 12.3. The number of benzene rings is 7. The third-order valence-corrected chi connectivity index (χ3v) is 9.60. The monoisotopic (exact) mass is 635 g/mol. The Kier molecular flexibility index (Phi) is 6.56. The van der Waals surface area contributed by atoms with Crippen LogP contribution in [0.1, 0.15) is 16.7 Å². The first-order valence-corrected chi connectivity index (χ1v) is 16.3. The van der Waals surface area contributed by atoms with E-state index >= 15 is 0 Å². The van der Waals surface area contributed by atoms with Crippen molar-refractivity contribution in [2.24, 2.45) is 0 Å². The summed E-state index contributed by atoms with van der Waals surface area (Å²) >= 11 is 0. The van der Waals surface area contributed by atoms with Gasteiger partial charge in [0.2, 0.25) is 0 Å².